The molecule has 0 spiro atoms. The van der Waals surface area contributed by atoms with Crippen LogP contribution in [0.1, 0.15) is 21.5 Å². The minimum atomic E-state index is 0.0173. The molecular weight excluding hydrogens is 412 g/mol. The maximum atomic E-state index is 13.6. The van der Waals surface area contributed by atoms with Crippen LogP contribution in [0.2, 0.25) is 0 Å². The van der Waals surface area contributed by atoms with Crippen molar-refractivity contribution in [2.45, 2.75) is 13.5 Å². The quantitative estimate of drug-likeness (QED) is 0.476. The molecule has 4 aromatic rings. The smallest absolute Gasteiger partial charge is 0.257 e. The Labute approximate surface area is 193 Å². The molecular formula is C26H26N6O. The van der Waals surface area contributed by atoms with Crippen LogP contribution in [0.5, 0.6) is 0 Å². The summed E-state index contributed by atoms with van der Waals surface area (Å²) >= 11 is 0. The summed E-state index contributed by atoms with van der Waals surface area (Å²) < 4.78 is 1.87. The zero-order valence-corrected chi connectivity index (χ0v) is 18.6. The van der Waals surface area contributed by atoms with Crippen LogP contribution in [-0.2, 0) is 6.54 Å². The molecule has 1 aliphatic rings. The molecule has 0 unspecified atom stereocenters. The molecule has 0 saturated carbocycles. The van der Waals surface area contributed by atoms with Crippen LogP contribution >= 0.6 is 0 Å². The van der Waals surface area contributed by atoms with Gasteiger partial charge in [-0.05, 0) is 12.5 Å². The molecule has 7 nitrogen and oxygen atoms in total. The standard InChI is InChI=1S/C26H26N6O/c1-20-7-9-22(10-8-20)25-23(19-32(29-25)18-21-5-3-2-4-6-21)26(33)31-15-13-30(14-16-31)24-17-27-11-12-28-24/h2-12,17,19H,13-16,18H2,1H3. The minimum absolute atomic E-state index is 0.0173. The van der Waals surface area contributed by atoms with Gasteiger partial charge in [-0.25, -0.2) is 4.98 Å². The highest BCUT2D eigenvalue weighted by atomic mass is 16.2. The molecule has 166 valence electrons. The summed E-state index contributed by atoms with van der Waals surface area (Å²) in [6.45, 7) is 5.39. The lowest BCUT2D eigenvalue weighted by atomic mass is 10.1. The van der Waals surface area contributed by atoms with Gasteiger partial charge in [0.2, 0.25) is 0 Å². The lowest BCUT2D eigenvalue weighted by molar-refractivity contribution is 0.0747. The van der Waals surface area contributed by atoms with E-state index in [9.17, 15) is 4.79 Å². The van der Waals surface area contributed by atoms with Gasteiger partial charge in [-0.1, -0.05) is 60.2 Å². The normalized spacial score (nSPS) is 13.8. The largest absolute Gasteiger partial charge is 0.352 e. The Morgan fingerprint density at radius 3 is 2.39 bits per heavy atom. The predicted octanol–water partition coefficient (Wildman–Crippen LogP) is 3.66. The van der Waals surface area contributed by atoms with E-state index in [0.717, 1.165) is 35.7 Å². The number of hydrogen-bond acceptors (Lipinski definition) is 5. The highest BCUT2D eigenvalue weighted by Gasteiger charge is 2.27. The number of carbonyl (C=O) groups excluding carboxylic acids is 1. The number of piperazine rings is 1. The van der Waals surface area contributed by atoms with E-state index < -0.39 is 0 Å². The lowest BCUT2D eigenvalue weighted by Gasteiger charge is -2.35. The first-order chi connectivity index (χ1) is 16.2. The summed E-state index contributed by atoms with van der Waals surface area (Å²) in [5.41, 5.74) is 4.64. The number of anilines is 1. The average Bonchev–Trinajstić information content (AvgIpc) is 3.29. The molecule has 2 aromatic carbocycles. The Kier molecular flexibility index (Phi) is 5.85. The van der Waals surface area contributed by atoms with Gasteiger partial charge in [0, 0.05) is 50.3 Å². The zero-order valence-electron chi connectivity index (χ0n) is 18.6. The molecule has 0 N–H and O–H groups in total. The van der Waals surface area contributed by atoms with Gasteiger partial charge in [0.05, 0.1) is 18.3 Å². The van der Waals surface area contributed by atoms with E-state index in [1.54, 1.807) is 18.6 Å². The fourth-order valence-corrected chi connectivity index (χ4v) is 4.12. The van der Waals surface area contributed by atoms with Gasteiger partial charge in [-0.15, -0.1) is 0 Å². The topological polar surface area (TPSA) is 67.2 Å². The Morgan fingerprint density at radius 2 is 1.70 bits per heavy atom. The van der Waals surface area contributed by atoms with Crippen molar-refractivity contribution in [2.24, 2.45) is 0 Å². The van der Waals surface area contributed by atoms with Crippen molar-refractivity contribution in [3.05, 3.63) is 96.1 Å². The summed E-state index contributed by atoms with van der Waals surface area (Å²) in [7, 11) is 0. The van der Waals surface area contributed by atoms with E-state index in [1.165, 1.54) is 5.56 Å². The molecule has 1 saturated heterocycles. The fourth-order valence-electron chi connectivity index (χ4n) is 4.12. The summed E-state index contributed by atoms with van der Waals surface area (Å²) in [6.07, 6.45) is 7.02. The van der Waals surface area contributed by atoms with Crippen molar-refractivity contribution >= 4 is 11.7 Å². The number of nitrogens with zero attached hydrogens (tertiary/aromatic N) is 6. The van der Waals surface area contributed by atoms with E-state index >= 15 is 0 Å². The second kappa shape index (κ2) is 9.24. The number of hydrogen-bond donors (Lipinski definition) is 0. The first-order valence-electron chi connectivity index (χ1n) is 11.2. The first kappa shape index (κ1) is 20.9. The van der Waals surface area contributed by atoms with E-state index in [4.69, 9.17) is 5.10 Å². The van der Waals surface area contributed by atoms with Gasteiger partial charge in [0.25, 0.3) is 5.91 Å². The van der Waals surface area contributed by atoms with E-state index in [2.05, 4.69) is 46.1 Å². The number of benzene rings is 2. The molecule has 33 heavy (non-hydrogen) atoms. The second-order valence-electron chi connectivity index (χ2n) is 8.28. The van der Waals surface area contributed by atoms with Crippen molar-refractivity contribution in [1.82, 2.24) is 24.6 Å². The molecule has 1 fully saturated rings. The molecule has 1 amide bonds. The van der Waals surface area contributed by atoms with Gasteiger partial charge in [-0.3, -0.25) is 14.5 Å². The Balaban J connectivity index is 1.40. The molecule has 0 radical (unpaired) electrons. The van der Waals surface area contributed by atoms with E-state index in [0.29, 0.717) is 25.2 Å². The molecule has 5 rings (SSSR count). The molecule has 0 bridgehead atoms. The Bertz CT molecular complexity index is 1210. The van der Waals surface area contributed by atoms with Gasteiger partial charge in [0.15, 0.2) is 0 Å². The average molecular weight is 439 g/mol. The SMILES string of the molecule is Cc1ccc(-c2nn(Cc3ccccc3)cc2C(=O)N2CCN(c3cnccn3)CC2)cc1. The fraction of sp³-hybridized carbons (Fsp3) is 0.231. The summed E-state index contributed by atoms with van der Waals surface area (Å²) in [5.74, 6) is 0.865. The van der Waals surface area contributed by atoms with Gasteiger partial charge < -0.3 is 9.80 Å². The monoisotopic (exact) mass is 438 g/mol. The van der Waals surface area contributed by atoms with Crippen molar-refractivity contribution in [1.29, 1.82) is 0 Å². The number of carbonyl (C=O) groups is 1. The third kappa shape index (κ3) is 4.62. The van der Waals surface area contributed by atoms with Crippen LogP contribution < -0.4 is 4.90 Å². The molecule has 2 aromatic heterocycles. The third-order valence-corrected chi connectivity index (χ3v) is 5.94. The minimum Gasteiger partial charge on any atom is -0.352 e. The Morgan fingerprint density at radius 1 is 0.939 bits per heavy atom. The first-order valence-corrected chi connectivity index (χ1v) is 11.2. The summed E-state index contributed by atoms with van der Waals surface area (Å²) in [5, 5.41) is 4.82. The van der Waals surface area contributed by atoms with Crippen molar-refractivity contribution in [3.63, 3.8) is 0 Å². The summed E-state index contributed by atoms with van der Waals surface area (Å²) in [4.78, 5) is 26.2. The third-order valence-electron chi connectivity index (χ3n) is 5.94. The molecule has 3 heterocycles. The summed E-state index contributed by atoms with van der Waals surface area (Å²) in [6, 6.07) is 18.4. The van der Waals surface area contributed by atoms with Crippen molar-refractivity contribution in [2.75, 3.05) is 31.1 Å². The molecule has 0 atom stereocenters. The van der Waals surface area contributed by atoms with Crippen molar-refractivity contribution < 1.29 is 4.79 Å². The molecule has 1 aliphatic heterocycles. The number of aromatic nitrogens is 4. The second-order valence-corrected chi connectivity index (χ2v) is 8.28. The Hall–Kier alpha value is -4.00. The number of aryl methyl sites for hydroxylation is 1. The highest BCUT2D eigenvalue weighted by Crippen LogP contribution is 2.25. The van der Waals surface area contributed by atoms with Crippen LogP contribution in [0.25, 0.3) is 11.3 Å². The van der Waals surface area contributed by atoms with Crippen LogP contribution in [-0.4, -0.2) is 56.7 Å². The lowest BCUT2D eigenvalue weighted by Crippen LogP contribution is -2.49. The van der Waals surface area contributed by atoms with Crippen LogP contribution in [0.15, 0.2) is 79.4 Å². The van der Waals surface area contributed by atoms with Gasteiger partial charge in [-0.2, -0.15) is 5.10 Å². The highest BCUT2D eigenvalue weighted by molar-refractivity contribution is 6.00. The maximum Gasteiger partial charge on any atom is 0.257 e. The maximum absolute atomic E-state index is 13.6. The van der Waals surface area contributed by atoms with Crippen LogP contribution in [0, 0.1) is 6.92 Å². The van der Waals surface area contributed by atoms with Gasteiger partial charge in [0.1, 0.15) is 11.5 Å². The van der Waals surface area contributed by atoms with Gasteiger partial charge >= 0.3 is 0 Å². The van der Waals surface area contributed by atoms with Crippen LogP contribution in [0.3, 0.4) is 0 Å². The van der Waals surface area contributed by atoms with Crippen molar-refractivity contribution in [3.8, 4) is 11.3 Å². The number of rotatable bonds is 5. The molecule has 0 aliphatic carbocycles. The van der Waals surface area contributed by atoms with E-state index in [-0.39, 0.29) is 5.91 Å². The zero-order chi connectivity index (χ0) is 22.6. The van der Waals surface area contributed by atoms with E-state index in [1.807, 2.05) is 46.1 Å². The number of amides is 1. The molecule has 7 heteroatoms. The van der Waals surface area contributed by atoms with Crippen LogP contribution in [0.4, 0.5) is 5.82 Å². The predicted molar refractivity (Wildman–Crippen MR) is 128 cm³/mol.